The highest BCUT2D eigenvalue weighted by Crippen LogP contribution is 2.30. The summed E-state index contributed by atoms with van der Waals surface area (Å²) in [7, 11) is -5.85. The van der Waals surface area contributed by atoms with Gasteiger partial charge < -0.3 is 0 Å². The molecule has 2 N–H and O–H groups in total. The van der Waals surface area contributed by atoms with E-state index in [0.29, 0.717) is 5.15 Å². The topological polar surface area (TPSA) is 123 Å². The molecule has 0 aliphatic carbocycles. The van der Waals surface area contributed by atoms with Gasteiger partial charge in [0.15, 0.2) is 9.46 Å². The summed E-state index contributed by atoms with van der Waals surface area (Å²) in [6, 6.07) is 1.56. The lowest BCUT2D eigenvalue weighted by molar-refractivity contribution is 0.371. The third kappa shape index (κ3) is 9.47. The Kier molecular flexibility index (Phi) is 7.41. The number of hydrogen-bond donors (Lipinski definition) is 2. The normalized spacial score (nSPS) is 11.1. The van der Waals surface area contributed by atoms with Crippen LogP contribution in [-0.2, 0) is 13.4 Å². The summed E-state index contributed by atoms with van der Waals surface area (Å²) >= 11 is 5.33. The molecule has 8 nitrogen and oxygen atoms in total. The Hall–Kier alpha value is -0.620. The van der Waals surface area contributed by atoms with Gasteiger partial charge in [0.25, 0.3) is 0 Å². The zero-order valence-corrected chi connectivity index (χ0v) is 8.93. The van der Waals surface area contributed by atoms with Crippen molar-refractivity contribution in [3.63, 3.8) is 0 Å². The second kappa shape index (κ2) is 7.75. The molecule has 0 fully saturated rings. The summed E-state index contributed by atoms with van der Waals surface area (Å²) in [6.07, 6.45) is 1.48. The zero-order chi connectivity index (χ0) is 11.0. The van der Waals surface area contributed by atoms with Gasteiger partial charge in [-0.3, -0.25) is 0 Å². The predicted molar refractivity (Wildman–Crippen MR) is 45.6 cm³/mol. The molecular weight excluding hydrogens is 255 g/mol. The molecule has 1 aromatic heterocycles. The van der Waals surface area contributed by atoms with Gasteiger partial charge in [-0.1, -0.05) is 11.6 Å². The number of halogens is 1. The lowest BCUT2D eigenvalue weighted by atomic mass is 10.7. The number of hydrogen-bond acceptors (Lipinski definition) is 6. The molecule has 11 heteroatoms. The molecular formula is C3H4ClN3O5P2+2. The maximum atomic E-state index is 9.39. The molecule has 0 amide bonds. The SMILES string of the molecule is Clc1ccnnn1.O=[P+](O)O[P+](=O)O. The van der Waals surface area contributed by atoms with Crippen LogP contribution < -0.4 is 0 Å². The lowest BCUT2D eigenvalue weighted by Crippen LogP contribution is -1.81. The van der Waals surface area contributed by atoms with Crippen molar-refractivity contribution in [3.8, 4) is 0 Å². The van der Waals surface area contributed by atoms with E-state index in [0.717, 1.165) is 0 Å². The van der Waals surface area contributed by atoms with Gasteiger partial charge >= 0.3 is 16.5 Å². The summed E-state index contributed by atoms with van der Waals surface area (Å²) in [4.78, 5) is 15.3. The van der Waals surface area contributed by atoms with E-state index >= 15 is 0 Å². The standard InChI is InChI=1S/C3H2ClN3.O5P2/c4-3-1-2-5-7-6-3;1-6(2)5-7(3)4/h1-2H;/p+2. The van der Waals surface area contributed by atoms with Crippen LogP contribution in [0.4, 0.5) is 0 Å². The van der Waals surface area contributed by atoms with Crippen molar-refractivity contribution in [1.82, 2.24) is 15.4 Å². The van der Waals surface area contributed by atoms with Gasteiger partial charge in [-0.25, -0.2) is 0 Å². The average Bonchev–Trinajstić information content (AvgIpc) is 2.03. The number of aromatic nitrogens is 3. The van der Waals surface area contributed by atoms with Crippen molar-refractivity contribution in [2.75, 3.05) is 0 Å². The van der Waals surface area contributed by atoms with E-state index in [9.17, 15) is 9.13 Å². The van der Waals surface area contributed by atoms with Crippen LogP contribution in [0, 0.1) is 0 Å². The minimum Gasteiger partial charge on any atom is -0.139 e. The minimum absolute atomic E-state index is 0.370. The summed E-state index contributed by atoms with van der Waals surface area (Å²) in [5, 5.41) is 10.4. The summed E-state index contributed by atoms with van der Waals surface area (Å²) in [5.74, 6) is 0. The van der Waals surface area contributed by atoms with Gasteiger partial charge in [0, 0.05) is 9.13 Å². The van der Waals surface area contributed by atoms with Crippen LogP contribution in [0.2, 0.25) is 5.15 Å². The fraction of sp³-hybridized carbons (Fsp3) is 0. The first-order chi connectivity index (χ1) is 6.52. The molecule has 14 heavy (non-hydrogen) atoms. The monoisotopic (exact) mass is 259 g/mol. The van der Waals surface area contributed by atoms with Gasteiger partial charge in [-0.15, -0.1) is 20.0 Å². The molecule has 0 aromatic carbocycles. The highest BCUT2D eigenvalue weighted by Gasteiger charge is 2.31. The molecule has 0 aliphatic heterocycles. The van der Waals surface area contributed by atoms with E-state index in [-0.39, 0.29) is 0 Å². The van der Waals surface area contributed by atoms with Crippen LogP contribution in [0.15, 0.2) is 12.3 Å². The Bertz CT molecular complexity index is 298. The Morgan fingerprint density at radius 3 is 2.07 bits per heavy atom. The third-order valence-electron chi connectivity index (χ3n) is 0.610. The molecule has 0 saturated heterocycles. The molecule has 0 radical (unpaired) electrons. The first-order valence-corrected chi connectivity index (χ1v) is 5.46. The van der Waals surface area contributed by atoms with Crippen LogP contribution in [0.5, 0.6) is 0 Å². The summed E-state index contributed by atoms with van der Waals surface area (Å²) in [5.41, 5.74) is 0. The van der Waals surface area contributed by atoms with Crippen molar-refractivity contribution >= 4 is 28.1 Å². The van der Waals surface area contributed by atoms with E-state index in [1.165, 1.54) is 6.20 Å². The van der Waals surface area contributed by atoms with Crippen molar-refractivity contribution in [2.24, 2.45) is 0 Å². The van der Waals surface area contributed by atoms with Crippen molar-refractivity contribution in [2.45, 2.75) is 0 Å². The highest BCUT2D eigenvalue weighted by atomic mass is 35.5. The van der Waals surface area contributed by atoms with Crippen LogP contribution in [-0.4, -0.2) is 25.2 Å². The minimum atomic E-state index is -2.92. The van der Waals surface area contributed by atoms with Crippen LogP contribution in [0.3, 0.4) is 0 Å². The molecule has 1 rings (SSSR count). The Balaban J connectivity index is 0.000000241. The molecule has 0 aliphatic rings. The molecule has 0 spiro atoms. The van der Waals surface area contributed by atoms with E-state index in [2.05, 4.69) is 19.7 Å². The second-order valence-electron chi connectivity index (χ2n) is 1.50. The number of nitrogens with zero attached hydrogens (tertiary/aromatic N) is 3. The smallest absolute Gasteiger partial charge is 0.139 e. The van der Waals surface area contributed by atoms with E-state index in [1.54, 1.807) is 6.07 Å². The van der Waals surface area contributed by atoms with Gasteiger partial charge in [0.2, 0.25) is 0 Å². The summed E-state index contributed by atoms with van der Waals surface area (Å²) in [6.45, 7) is 0. The maximum absolute atomic E-state index is 9.39. The molecule has 76 valence electrons. The van der Waals surface area contributed by atoms with Crippen LogP contribution in [0.25, 0.3) is 0 Å². The predicted octanol–water partition coefficient (Wildman–Crippen LogP) is 0.827. The molecule has 2 atom stereocenters. The molecule has 1 aromatic rings. The van der Waals surface area contributed by atoms with E-state index in [4.69, 9.17) is 21.4 Å². The third-order valence-corrected chi connectivity index (χ3v) is 1.93. The fourth-order valence-corrected chi connectivity index (χ4v) is 0.854. The van der Waals surface area contributed by atoms with Gasteiger partial charge in [-0.05, 0) is 11.3 Å². The molecule has 1 heterocycles. The Labute approximate surface area is 84.8 Å². The largest absolute Gasteiger partial charge is 0.745 e. The fourth-order valence-electron chi connectivity index (χ4n) is 0.286. The van der Waals surface area contributed by atoms with Crippen LogP contribution >= 0.6 is 28.1 Å². The summed E-state index contributed by atoms with van der Waals surface area (Å²) < 4.78 is 22.2. The Morgan fingerprint density at radius 1 is 1.36 bits per heavy atom. The average molecular weight is 259 g/mol. The van der Waals surface area contributed by atoms with E-state index < -0.39 is 16.5 Å². The zero-order valence-electron chi connectivity index (χ0n) is 6.39. The lowest BCUT2D eigenvalue weighted by Gasteiger charge is -1.76. The maximum Gasteiger partial charge on any atom is 0.745 e. The first kappa shape index (κ1) is 13.4. The molecule has 0 bridgehead atoms. The number of rotatable bonds is 2. The van der Waals surface area contributed by atoms with Crippen molar-refractivity contribution in [1.29, 1.82) is 0 Å². The van der Waals surface area contributed by atoms with Gasteiger partial charge in [0.1, 0.15) is 0 Å². The van der Waals surface area contributed by atoms with Crippen molar-refractivity contribution < 1.29 is 23.2 Å². The van der Waals surface area contributed by atoms with Gasteiger partial charge in [0.05, 0.1) is 6.20 Å². The quantitative estimate of drug-likeness (QED) is 0.749. The van der Waals surface area contributed by atoms with Crippen LogP contribution in [0.1, 0.15) is 0 Å². The Morgan fingerprint density at radius 2 is 1.93 bits per heavy atom. The second-order valence-corrected chi connectivity index (χ2v) is 3.49. The van der Waals surface area contributed by atoms with Gasteiger partial charge in [-0.2, -0.15) is 0 Å². The first-order valence-electron chi connectivity index (χ1n) is 2.82. The van der Waals surface area contributed by atoms with Crippen molar-refractivity contribution in [3.05, 3.63) is 17.4 Å². The molecule has 2 unspecified atom stereocenters. The highest BCUT2D eigenvalue weighted by molar-refractivity contribution is 7.46. The molecule has 0 saturated carbocycles. The van der Waals surface area contributed by atoms with E-state index in [1.807, 2.05) is 0 Å².